The number of piperidine rings is 1. The van der Waals surface area contributed by atoms with E-state index in [1.165, 1.54) is 30.9 Å². The van der Waals surface area contributed by atoms with Crippen LogP contribution in [0.1, 0.15) is 32.5 Å². The molecule has 0 spiro atoms. The van der Waals surface area contributed by atoms with Gasteiger partial charge in [-0.05, 0) is 38.8 Å². The lowest BCUT2D eigenvalue weighted by Gasteiger charge is -2.28. The average molecular weight is 240 g/mol. The minimum atomic E-state index is 0.477. The van der Waals surface area contributed by atoms with E-state index in [-0.39, 0.29) is 0 Å². The van der Waals surface area contributed by atoms with Crippen molar-refractivity contribution in [3.8, 4) is 0 Å². The second-order valence-corrected chi connectivity index (χ2v) is 5.16. The Labute approximate surface area is 101 Å². The molecule has 1 aromatic heterocycles. The first-order valence-electron chi connectivity index (χ1n) is 6.09. The van der Waals surface area contributed by atoms with Gasteiger partial charge in [-0.2, -0.15) is 4.37 Å². The van der Waals surface area contributed by atoms with Gasteiger partial charge in [-0.1, -0.05) is 6.92 Å². The van der Waals surface area contributed by atoms with Crippen LogP contribution in [-0.4, -0.2) is 28.5 Å². The summed E-state index contributed by atoms with van der Waals surface area (Å²) in [4.78, 5) is 4.44. The molecule has 2 unspecified atom stereocenters. The number of anilines is 1. The molecule has 4 nitrogen and oxygen atoms in total. The van der Waals surface area contributed by atoms with Crippen LogP contribution in [0, 0.1) is 5.92 Å². The molecule has 2 atom stereocenters. The highest BCUT2D eigenvalue weighted by Gasteiger charge is 2.20. The fourth-order valence-electron chi connectivity index (χ4n) is 2.07. The molecule has 1 saturated heterocycles. The van der Waals surface area contributed by atoms with Crippen molar-refractivity contribution in [2.45, 2.75) is 39.2 Å². The molecule has 1 aliphatic rings. The first-order chi connectivity index (χ1) is 7.79. The SMILES string of the molecule is CCc1nsc(NC(C)C2CCCNC2)n1. The number of nitrogens with zero attached hydrogens (tertiary/aromatic N) is 2. The van der Waals surface area contributed by atoms with Crippen molar-refractivity contribution in [3.05, 3.63) is 5.82 Å². The molecule has 1 aliphatic heterocycles. The predicted octanol–water partition coefficient (Wildman–Crippen LogP) is 1.90. The second-order valence-electron chi connectivity index (χ2n) is 4.41. The summed E-state index contributed by atoms with van der Waals surface area (Å²) in [6.07, 6.45) is 3.51. The van der Waals surface area contributed by atoms with E-state index in [1.807, 2.05) is 0 Å². The molecule has 0 radical (unpaired) electrons. The van der Waals surface area contributed by atoms with E-state index in [2.05, 4.69) is 33.8 Å². The summed E-state index contributed by atoms with van der Waals surface area (Å²) in [5.41, 5.74) is 0. The quantitative estimate of drug-likeness (QED) is 0.844. The molecule has 0 bridgehead atoms. The normalized spacial score (nSPS) is 23.0. The Hall–Kier alpha value is -0.680. The first kappa shape index (κ1) is 11.8. The van der Waals surface area contributed by atoms with E-state index in [0.717, 1.165) is 23.9 Å². The number of nitrogens with one attached hydrogen (secondary N) is 2. The smallest absolute Gasteiger partial charge is 0.202 e. The maximum absolute atomic E-state index is 4.44. The van der Waals surface area contributed by atoms with Crippen molar-refractivity contribution < 1.29 is 0 Å². The van der Waals surface area contributed by atoms with Crippen molar-refractivity contribution in [1.29, 1.82) is 0 Å². The number of hydrogen-bond acceptors (Lipinski definition) is 5. The molecular formula is C11H20N4S. The highest BCUT2D eigenvalue weighted by Crippen LogP contribution is 2.19. The third-order valence-corrected chi connectivity index (χ3v) is 3.86. The maximum Gasteiger partial charge on any atom is 0.202 e. The predicted molar refractivity (Wildman–Crippen MR) is 68.0 cm³/mol. The van der Waals surface area contributed by atoms with Gasteiger partial charge in [0.05, 0.1) is 0 Å². The summed E-state index contributed by atoms with van der Waals surface area (Å²) < 4.78 is 4.29. The van der Waals surface area contributed by atoms with Crippen molar-refractivity contribution in [2.24, 2.45) is 5.92 Å². The maximum atomic E-state index is 4.44. The molecule has 0 saturated carbocycles. The lowest BCUT2D eigenvalue weighted by atomic mass is 9.93. The summed E-state index contributed by atoms with van der Waals surface area (Å²) in [5.74, 6) is 1.66. The Morgan fingerprint density at radius 3 is 3.12 bits per heavy atom. The van der Waals surface area contributed by atoms with Crippen LogP contribution >= 0.6 is 11.5 Å². The van der Waals surface area contributed by atoms with E-state index in [4.69, 9.17) is 0 Å². The molecule has 1 fully saturated rings. The minimum absolute atomic E-state index is 0.477. The second kappa shape index (κ2) is 5.59. The van der Waals surface area contributed by atoms with E-state index in [1.54, 1.807) is 0 Å². The molecule has 1 aromatic rings. The fourth-order valence-corrected chi connectivity index (χ4v) is 2.82. The number of aryl methyl sites for hydroxylation is 1. The van der Waals surface area contributed by atoms with Crippen molar-refractivity contribution in [2.75, 3.05) is 18.4 Å². The van der Waals surface area contributed by atoms with Crippen molar-refractivity contribution in [1.82, 2.24) is 14.7 Å². The van der Waals surface area contributed by atoms with Gasteiger partial charge < -0.3 is 10.6 Å². The third kappa shape index (κ3) is 2.92. The molecule has 0 aromatic carbocycles. The summed E-state index contributed by atoms with van der Waals surface area (Å²) in [7, 11) is 0. The first-order valence-corrected chi connectivity index (χ1v) is 6.86. The number of rotatable bonds is 4. The Morgan fingerprint density at radius 2 is 2.50 bits per heavy atom. The van der Waals surface area contributed by atoms with Crippen LogP contribution in [0.3, 0.4) is 0 Å². The topological polar surface area (TPSA) is 49.8 Å². The van der Waals surface area contributed by atoms with Gasteiger partial charge in [0.25, 0.3) is 0 Å². The molecule has 90 valence electrons. The van der Waals surface area contributed by atoms with Crippen LogP contribution < -0.4 is 10.6 Å². The van der Waals surface area contributed by atoms with E-state index < -0.39 is 0 Å². The molecule has 0 aliphatic carbocycles. The van der Waals surface area contributed by atoms with Crippen LogP contribution in [0.25, 0.3) is 0 Å². The van der Waals surface area contributed by atoms with Crippen LogP contribution in [0.4, 0.5) is 5.13 Å². The summed E-state index contributed by atoms with van der Waals surface area (Å²) >= 11 is 1.47. The summed E-state index contributed by atoms with van der Waals surface area (Å²) in [6.45, 7) is 6.61. The fraction of sp³-hybridized carbons (Fsp3) is 0.818. The van der Waals surface area contributed by atoms with Crippen LogP contribution in [0.2, 0.25) is 0 Å². The monoisotopic (exact) mass is 240 g/mol. The molecule has 2 rings (SSSR count). The highest BCUT2D eigenvalue weighted by molar-refractivity contribution is 7.09. The molecular weight excluding hydrogens is 220 g/mol. The zero-order chi connectivity index (χ0) is 11.4. The van der Waals surface area contributed by atoms with Crippen LogP contribution in [-0.2, 0) is 6.42 Å². The molecule has 16 heavy (non-hydrogen) atoms. The van der Waals surface area contributed by atoms with Crippen LogP contribution in [0.15, 0.2) is 0 Å². The van der Waals surface area contributed by atoms with E-state index in [9.17, 15) is 0 Å². The zero-order valence-corrected chi connectivity index (χ0v) is 10.8. The molecule has 2 N–H and O–H groups in total. The lowest BCUT2D eigenvalue weighted by molar-refractivity contribution is 0.347. The van der Waals surface area contributed by atoms with Gasteiger partial charge in [-0.15, -0.1) is 0 Å². The average Bonchev–Trinajstić information content (AvgIpc) is 2.78. The lowest BCUT2D eigenvalue weighted by Crippen LogP contribution is -2.38. The molecule has 0 amide bonds. The Bertz CT molecular complexity index is 320. The standard InChI is InChI=1S/C11H20N4S/c1-3-10-14-11(16-15-10)13-8(2)9-5-4-6-12-7-9/h8-9,12H,3-7H2,1-2H3,(H,13,14,15). The van der Waals surface area contributed by atoms with E-state index in [0.29, 0.717) is 12.0 Å². The minimum Gasteiger partial charge on any atom is -0.358 e. The van der Waals surface area contributed by atoms with Gasteiger partial charge in [0.1, 0.15) is 5.82 Å². The number of hydrogen-bond donors (Lipinski definition) is 2. The van der Waals surface area contributed by atoms with Gasteiger partial charge in [0, 0.05) is 24.0 Å². The summed E-state index contributed by atoms with van der Waals surface area (Å²) in [6, 6.07) is 0.477. The summed E-state index contributed by atoms with van der Waals surface area (Å²) in [5, 5.41) is 7.88. The van der Waals surface area contributed by atoms with Gasteiger partial charge in [0.2, 0.25) is 5.13 Å². The van der Waals surface area contributed by atoms with Crippen molar-refractivity contribution >= 4 is 16.7 Å². The Kier molecular flexibility index (Phi) is 4.12. The molecule has 2 heterocycles. The highest BCUT2D eigenvalue weighted by atomic mass is 32.1. The Balaban J connectivity index is 1.87. The third-order valence-electron chi connectivity index (χ3n) is 3.18. The zero-order valence-electron chi connectivity index (χ0n) is 9.99. The van der Waals surface area contributed by atoms with Gasteiger partial charge in [0.15, 0.2) is 0 Å². The van der Waals surface area contributed by atoms with Crippen molar-refractivity contribution in [3.63, 3.8) is 0 Å². The largest absolute Gasteiger partial charge is 0.358 e. The number of aromatic nitrogens is 2. The van der Waals surface area contributed by atoms with Crippen LogP contribution in [0.5, 0.6) is 0 Å². The molecule has 5 heteroatoms. The van der Waals surface area contributed by atoms with E-state index >= 15 is 0 Å². The Morgan fingerprint density at radius 1 is 1.62 bits per heavy atom. The van der Waals surface area contributed by atoms with Gasteiger partial charge in [-0.3, -0.25) is 0 Å². The van der Waals surface area contributed by atoms with Gasteiger partial charge >= 0.3 is 0 Å². The van der Waals surface area contributed by atoms with Gasteiger partial charge in [-0.25, -0.2) is 4.98 Å².